The monoisotopic (exact) mass is 357 g/mol. The van der Waals surface area contributed by atoms with Gasteiger partial charge in [-0.1, -0.05) is 0 Å². The predicted molar refractivity (Wildman–Crippen MR) is 94.7 cm³/mol. The van der Waals surface area contributed by atoms with Crippen molar-refractivity contribution in [1.82, 2.24) is 19.7 Å². The number of nitrogens with zero attached hydrogens (tertiary/aromatic N) is 4. The molecule has 1 saturated heterocycles. The van der Waals surface area contributed by atoms with Crippen LogP contribution in [0.5, 0.6) is 5.75 Å². The van der Waals surface area contributed by atoms with Crippen molar-refractivity contribution in [3.63, 3.8) is 0 Å². The molecule has 8 heteroatoms. The molecule has 1 aliphatic heterocycles. The van der Waals surface area contributed by atoms with Crippen molar-refractivity contribution in [1.29, 1.82) is 0 Å². The van der Waals surface area contributed by atoms with E-state index < -0.39 is 5.82 Å². The molecule has 0 saturated carbocycles. The van der Waals surface area contributed by atoms with Crippen molar-refractivity contribution < 1.29 is 13.9 Å². The molecule has 1 aromatic carbocycles. The van der Waals surface area contributed by atoms with Crippen LogP contribution in [0.2, 0.25) is 0 Å². The maximum Gasteiger partial charge on any atom is 0.191 e. The molecule has 0 unspecified atom stereocenters. The summed E-state index contributed by atoms with van der Waals surface area (Å²) >= 11 is 0. The molecule has 3 aromatic rings. The Bertz CT molecular complexity index is 958. The lowest BCUT2D eigenvalue weighted by molar-refractivity contribution is 0.107. The molecule has 136 valence electrons. The first-order chi connectivity index (χ1) is 12.6. The molecule has 1 aliphatic rings. The van der Waals surface area contributed by atoms with Crippen LogP contribution in [0, 0.1) is 12.7 Å². The van der Waals surface area contributed by atoms with E-state index in [1.54, 1.807) is 16.8 Å². The minimum Gasteiger partial charge on any atom is -0.494 e. The Morgan fingerprint density at radius 3 is 2.92 bits per heavy atom. The second-order valence-corrected chi connectivity index (χ2v) is 6.37. The fourth-order valence-electron chi connectivity index (χ4n) is 3.47. The number of fused-ring (bicyclic) bond motifs is 1. The molecule has 0 aliphatic carbocycles. The first-order valence-corrected chi connectivity index (χ1v) is 8.44. The number of hydrogen-bond donors (Lipinski definition) is 1. The van der Waals surface area contributed by atoms with Crippen LogP contribution in [0.1, 0.15) is 23.8 Å². The summed E-state index contributed by atoms with van der Waals surface area (Å²) in [6.45, 7) is 2.61. The Morgan fingerprint density at radius 2 is 2.19 bits per heavy atom. The zero-order valence-corrected chi connectivity index (χ0v) is 14.9. The Labute approximate surface area is 150 Å². The summed E-state index contributed by atoms with van der Waals surface area (Å²) in [6, 6.07) is 3.36. The molecular formula is C18H20FN5O2. The molecule has 0 bridgehead atoms. The summed E-state index contributed by atoms with van der Waals surface area (Å²) in [5, 5.41) is 8.42. The summed E-state index contributed by atoms with van der Waals surface area (Å²) in [7, 11) is 3.32. The molecule has 1 fully saturated rings. The smallest absolute Gasteiger partial charge is 0.191 e. The van der Waals surface area contributed by atoms with Gasteiger partial charge in [-0.2, -0.15) is 5.10 Å². The molecule has 2 aromatic heterocycles. The normalized spacial score (nSPS) is 19.8. The molecule has 0 radical (unpaired) electrons. The minimum atomic E-state index is -0.488. The van der Waals surface area contributed by atoms with Crippen LogP contribution < -0.4 is 10.1 Å². The van der Waals surface area contributed by atoms with Crippen LogP contribution in [-0.2, 0) is 11.8 Å². The highest BCUT2D eigenvalue weighted by atomic mass is 19.1. The van der Waals surface area contributed by atoms with Gasteiger partial charge in [0.05, 0.1) is 18.8 Å². The first-order valence-electron chi connectivity index (χ1n) is 8.44. The minimum absolute atomic E-state index is 0.0150. The SMILES string of the molecule is COc1ccc2c(N[C@@H]3CCO[C@H]3c3cn(C)nc3C)ncnc2c1F. The lowest BCUT2D eigenvalue weighted by Crippen LogP contribution is -2.24. The lowest BCUT2D eigenvalue weighted by atomic mass is 10.0. The standard InChI is InChI=1S/C18H20FN5O2/c1-10-12(8-24(2)23-10)17-13(6-7-26-17)22-18-11-4-5-14(25-3)15(19)16(11)20-9-21-18/h4-5,8-9,13,17H,6-7H2,1-3H3,(H,20,21,22)/t13-,17+/m1/s1. The number of methoxy groups -OCH3 is 1. The van der Waals surface area contributed by atoms with E-state index in [2.05, 4.69) is 20.4 Å². The van der Waals surface area contributed by atoms with Gasteiger partial charge in [0.1, 0.15) is 23.8 Å². The van der Waals surface area contributed by atoms with Crippen LogP contribution in [-0.4, -0.2) is 39.5 Å². The Balaban J connectivity index is 1.68. The number of benzene rings is 1. The maximum atomic E-state index is 14.5. The number of anilines is 1. The highest BCUT2D eigenvalue weighted by Crippen LogP contribution is 2.34. The van der Waals surface area contributed by atoms with Gasteiger partial charge in [-0.3, -0.25) is 4.68 Å². The lowest BCUT2D eigenvalue weighted by Gasteiger charge is -2.21. The van der Waals surface area contributed by atoms with E-state index in [-0.39, 0.29) is 23.4 Å². The molecule has 0 amide bonds. The molecular weight excluding hydrogens is 337 g/mol. The van der Waals surface area contributed by atoms with Gasteiger partial charge in [0.2, 0.25) is 0 Å². The second-order valence-electron chi connectivity index (χ2n) is 6.37. The average molecular weight is 357 g/mol. The van der Waals surface area contributed by atoms with Crippen molar-refractivity contribution in [2.75, 3.05) is 19.0 Å². The van der Waals surface area contributed by atoms with Gasteiger partial charge >= 0.3 is 0 Å². The molecule has 7 nitrogen and oxygen atoms in total. The Hall–Kier alpha value is -2.74. The van der Waals surface area contributed by atoms with Crippen LogP contribution in [0.15, 0.2) is 24.7 Å². The van der Waals surface area contributed by atoms with Crippen molar-refractivity contribution in [3.05, 3.63) is 41.7 Å². The van der Waals surface area contributed by atoms with E-state index >= 15 is 0 Å². The third-order valence-electron chi connectivity index (χ3n) is 4.70. The number of aryl methyl sites for hydroxylation is 2. The fraction of sp³-hybridized carbons (Fsp3) is 0.389. The van der Waals surface area contributed by atoms with Crippen LogP contribution >= 0.6 is 0 Å². The maximum absolute atomic E-state index is 14.5. The number of rotatable bonds is 4. The van der Waals surface area contributed by atoms with Crippen LogP contribution in [0.4, 0.5) is 10.2 Å². The first kappa shape index (κ1) is 16.7. The second kappa shape index (κ2) is 6.53. The zero-order valence-electron chi connectivity index (χ0n) is 14.9. The Kier molecular flexibility index (Phi) is 4.20. The van der Waals surface area contributed by atoms with Crippen molar-refractivity contribution >= 4 is 16.7 Å². The van der Waals surface area contributed by atoms with E-state index in [9.17, 15) is 4.39 Å². The predicted octanol–water partition coefficient (Wildman–Crippen LogP) is 2.76. The molecule has 4 rings (SSSR count). The third kappa shape index (κ3) is 2.76. The van der Waals surface area contributed by atoms with Gasteiger partial charge in [-0.25, -0.2) is 14.4 Å². The number of hydrogen-bond acceptors (Lipinski definition) is 6. The number of aromatic nitrogens is 4. The highest BCUT2D eigenvalue weighted by molar-refractivity contribution is 5.90. The summed E-state index contributed by atoms with van der Waals surface area (Å²) in [6.07, 6.45) is 4.02. The Morgan fingerprint density at radius 1 is 1.35 bits per heavy atom. The topological polar surface area (TPSA) is 74.1 Å². The number of ether oxygens (including phenoxy) is 2. The van der Waals surface area contributed by atoms with Gasteiger partial charge in [0, 0.05) is 30.8 Å². The summed E-state index contributed by atoms with van der Waals surface area (Å²) in [4.78, 5) is 8.39. The fourth-order valence-corrected chi connectivity index (χ4v) is 3.47. The zero-order chi connectivity index (χ0) is 18.3. The summed E-state index contributed by atoms with van der Waals surface area (Å²) in [5.74, 6) is 0.256. The van der Waals surface area contributed by atoms with Crippen LogP contribution in [0.25, 0.3) is 10.9 Å². The van der Waals surface area contributed by atoms with E-state index in [0.717, 1.165) is 17.7 Å². The van der Waals surface area contributed by atoms with Crippen molar-refractivity contribution in [3.8, 4) is 5.75 Å². The van der Waals surface area contributed by atoms with E-state index in [1.807, 2.05) is 20.2 Å². The number of halogens is 1. The third-order valence-corrected chi connectivity index (χ3v) is 4.70. The van der Waals surface area contributed by atoms with E-state index in [4.69, 9.17) is 9.47 Å². The number of nitrogens with one attached hydrogen (secondary N) is 1. The highest BCUT2D eigenvalue weighted by Gasteiger charge is 2.32. The average Bonchev–Trinajstić information content (AvgIpc) is 3.21. The summed E-state index contributed by atoms with van der Waals surface area (Å²) in [5.41, 5.74) is 2.22. The van der Waals surface area contributed by atoms with Gasteiger partial charge in [0.25, 0.3) is 0 Å². The van der Waals surface area contributed by atoms with E-state index in [0.29, 0.717) is 17.8 Å². The van der Waals surface area contributed by atoms with Gasteiger partial charge in [-0.05, 0) is 25.5 Å². The van der Waals surface area contributed by atoms with Gasteiger partial charge in [-0.15, -0.1) is 0 Å². The summed E-state index contributed by atoms with van der Waals surface area (Å²) < 4.78 is 27.2. The largest absolute Gasteiger partial charge is 0.494 e. The molecule has 2 atom stereocenters. The quantitative estimate of drug-likeness (QED) is 0.774. The molecule has 26 heavy (non-hydrogen) atoms. The molecule has 1 N–H and O–H groups in total. The molecule has 3 heterocycles. The van der Waals surface area contributed by atoms with E-state index in [1.165, 1.54) is 13.4 Å². The van der Waals surface area contributed by atoms with Gasteiger partial charge in [0.15, 0.2) is 11.6 Å². The van der Waals surface area contributed by atoms with Crippen LogP contribution in [0.3, 0.4) is 0 Å². The van der Waals surface area contributed by atoms with Crippen molar-refractivity contribution in [2.45, 2.75) is 25.5 Å². The molecule has 0 spiro atoms. The van der Waals surface area contributed by atoms with Crippen molar-refractivity contribution in [2.24, 2.45) is 7.05 Å². The van der Waals surface area contributed by atoms with Gasteiger partial charge < -0.3 is 14.8 Å².